The standard InChI is InChI=1S/C18H16N2OS2/c21-17(16-11-19-18(23-16)15-6-3-9-22-15)20-14-8-7-12-4-1-2-5-13(12)10-14/h1-6,9,11,14H,7-8,10H2,(H,20,21). The molecule has 0 fully saturated rings. The lowest BCUT2D eigenvalue weighted by molar-refractivity contribution is 0.0937. The molecule has 5 heteroatoms. The van der Waals surface area contributed by atoms with E-state index in [1.807, 2.05) is 17.5 Å². The Morgan fingerprint density at radius 3 is 2.87 bits per heavy atom. The predicted molar refractivity (Wildman–Crippen MR) is 95.1 cm³/mol. The van der Waals surface area contributed by atoms with E-state index < -0.39 is 0 Å². The van der Waals surface area contributed by atoms with Crippen molar-refractivity contribution in [1.82, 2.24) is 10.3 Å². The molecule has 1 aliphatic carbocycles. The summed E-state index contributed by atoms with van der Waals surface area (Å²) in [6.07, 6.45) is 4.63. The fourth-order valence-electron chi connectivity index (χ4n) is 2.97. The highest BCUT2D eigenvalue weighted by atomic mass is 32.1. The number of nitrogens with zero attached hydrogens (tertiary/aromatic N) is 1. The van der Waals surface area contributed by atoms with Crippen LogP contribution < -0.4 is 5.32 Å². The number of thiophene rings is 1. The van der Waals surface area contributed by atoms with Gasteiger partial charge in [-0.3, -0.25) is 4.79 Å². The van der Waals surface area contributed by atoms with Crippen molar-refractivity contribution in [2.45, 2.75) is 25.3 Å². The minimum atomic E-state index is -0.00492. The van der Waals surface area contributed by atoms with Gasteiger partial charge in [0.15, 0.2) is 0 Å². The molecule has 1 amide bonds. The van der Waals surface area contributed by atoms with E-state index in [4.69, 9.17) is 0 Å². The number of benzene rings is 1. The Balaban J connectivity index is 1.45. The van der Waals surface area contributed by atoms with Gasteiger partial charge in [0.1, 0.15) is 9.88 Å². The van der Waals surface area contributed by atoms with Crippen molar-refractivity contribution in [2.75, 3.05) is 0 Å². The number of hydrogen-bond acceptors (Lipinski definition) is 4. The smallest absolute Gasteiger partial charge is 0.263 e. The molecule has 1 aromatic carbocycles. The zero-order valence-corrected chi connectivity index (χ0v) is 14.1. The van der Waals surface area contributed by atoms with Crippen molar-refractivity contribution in [2.24, 2.45) is 0 Å². The monoisotopic (exact) mass is 340 g/mol. The fourth-order valence-corrected chi connectivity index (χ4v) is 4.59. The average molecular weight is 340 g/mol. The molecule has 4 rings (SSSR count). The van der Waals surface area contributed by atoms with Gasteiger partial charge in [-0.2, -0.15) is 0 Å². The highest BCUT2D eigenvalue weighted by Gasteiger charge is 2.21. The molecule has 0 bridgehead atoms. The van der Waals surface area contributed by atoms with Gasteiger partial charge in [-0.05, 0) is 41.8 Å². The third-order valence-electron chi connectivity index (χ3n) is 4.14. The maximum Gasteiger partial charge on any atom is 0.263 e. The molecule has 2 aromatic heterocycles. The first-order valence-electron chi connectivity index (χ1n) is 7.67. The topological polar surface area (TPSA) is 42.0 Å². The number of hydrogen-bond donors (Lipinski definition) is 1. The van der Waals surface area contributed by atoms with Crippen LogP contribution in [0.5, 0.6) is 0 Å². The molecule has 3 nitrogen and oxygen atoms in total. The maximum atomic E-state index is 12.5. The molecular weight excluding hydrogens is 324 g/mol. The van der Waals surface area contributed by atoms with E-state index in [2.05, 4.69) is 34.6 Å². The van der Waals surface area contributed by atoms with E-state index in [9.17, 15) is 4.79 Å². The van der Waals surface area contributed by atoms with E-state index in [0.717, 1.165) is 29.1 Å². The van der Waals surface area contributed by atoms with Gasteiger partial charge >= 0.3 is 0 Å². The van der Waals surface area contributed by atoms with Gasteiger partial charge in [-0.15, -0.1) is 22.7 Å². The van der Waals surface area contributed by atoms with E-state index in [0.29, 0.717) is 4.88 Å². The summed E-state index contributed by atoms with van der Waals surface area (Å²) in [7, 11) is 0. The number of carbonyl (C=O) groups is 1. The van der Waals surface area contributed by atoms with Crippen LogP contribution >= 0.6 is 22.7 Å². The summed E-state index contributed by atoms with van der Waals surface area (Å²) >= 11 is 3.11. The number of rotatable bonds is 3. The molecule has 3 aromatic rings. The van der Waals surface area contributed by atoms with Crippen molar-refractivity contribution >= 4 is 28.6 Å². The summed E-state index contributed by atoms with van der Waals surface area (Å²) < 4.78 is 0. The molecule has 1 atom stereocenters. The van der Waals surface area contributed by atoms with Gasteiger partial charge in [-0.1, -0.05) is 30.3 Å². The van der Waals surface area contributed by atoms with Crippen molar-refractivity contribution in [3.8, 4) is 9.88 Å². The average Bonchev–Trinajstić information content (AvgIpc) is 3.26. The molecule has 0 saturated heterocycles. The Kier molecular flexibility index (Phi) is 3.97. The second-order valence-electron chi connectivity index (χ2n) is 5.69. The quantitative estimate of drug-likeness (QED) is 0.778. The number of thiazole rings is 1. The molecule has 0 spiro atoms. The lowest BCUT2D eigenvalue weighted by atomic mass is 9.88. The first-order valence-corrected chi connectivity index (χ1v) is 9.36. The molecule has 0 saturated carbocycles. The number of carbonyl (C=O) groups excluding carboxylic acids is 1. The Morgan fingerprint density at radius 2 is 2.04 bits per heavy atom. The normalized spacial score (nSPS) is 16.8. The minimum absolute atomic E-state index is 0.00492. The molecule has 0 radical (unpaired) electrons. The summed E-state index contributed by atoms with van der Waals surface area (Å²) in [5.74, 6) is -0.00492. The molecule has 1 aliphatic rings. The van der Waals surface area contributed by atoms with Crippen molar-refractivity contribution in [3.05, 3.63) is 64.0 Å². The largest absolute Gasteiger partial charge is 0.348 e. The van der Waals surface area contributed by atoms with E-state index in [1.54, 1.807) is 17.5 Å². The highest BCUT2D eigenvalue weighted by molar-refractivity contribution is 7.21. The van der Waals surface area contributed by atoms with E-state index in [1.165, 1.54) is 22.5 Å². The summed E-state index contributed by atoms with van der Waals surface area (Å²) in [6, 6.07) is 12.7. The van der Waals surface area contributed by atoms with Gasteiger partial charge < -0.3 is 5.32 Å². The van der Waals surface area contributed by atoms with Crippen LogP contribution in [-0.4, -0.2) is 16.9 Å². The number of amides is 1. The molecule has 1 N–H and O–H groups in total. The lowest BCUT2D eigenvalue weighted by Crippen LogP contribution is -2.38. The fraction of sp³-hybridized carbons (Fsp3) is 0.222. The summed E-state index contributed by atoms with van der Waals surface area (Å²) in [6.45, 7) is 0. The van der Waals surface area contributed by atoms with Crippen LogP contribution in [0.2, 0.25) is 0 Å². The van der Waals surface area contributed by atoms with Gasteiger partial charge in [0.05, 0.1) is 11.1 Å². The second-order valence-corrected chi connectivity index (χ2v) is 7.67. The Hall–Kier alpha value is -1.98. The third-order valence-corrected chi connectivity index (χ3v) is 6.18. The first kappa shape index (κ1) is 14.6. The maximum absolute atomic E-state index is 12.5. The Labute approximate surface area is 143 Å². The predicted octanol–water partition coefficient (Wildman–Crippen LogP) is 4.16. The molecule has 2 heterocycles. The summed E-state index contributed by atoms with van der Waals surface area (Å²) in [4.78, 5) is 18.6. The van der Waals surface area contributed by atoms with Crippen LogP contribution in [0.25, 0.3) is 9.88 Å². The van der Waals surface area contributed by atoms with Crippen LogP contribution in [0, 0.1) is 0 Å². The summed E-state index contributed by atoms with van der Waals surface area (Å²) in [5, 5.41) is 6.11. The first-order chi connectivity index (χ1) is 11.3. The second kappa shape index (κ2) is 6.26. The zero-order valence-electron chi connectivity index (χ0n) is 12.5. The highest BCUT2D eigenvalue weighted by Crippen LogP contribution is 2.29. The number of aryl methyl sites for hydroxylation is 1. The molecular formula is C18H16N2OS2. The molecule has 0 aliphatic heterocycles. The SMILES string of the molecule is O=C(NC1CCc2ccccc2C1)c1cnc(-c2cccs2)s1. The number of fused-ring (bicyclic) bond motifs is 1. The van der Waals surface area contributed by atoms with Crippen molar-refractivity contribution in [3.63, 3.8) is 0 Å². The minimum Gasteiger partial charge on any atom is -0.348 e. The zero-order chi connectivity index (χ0) is 15.6. The molecule has 116 valence electrons. The van der Waals surface area contributed by atoms with Gasteiger partial charge in [0, 0.05) is 6.04 Å². The van der Waals surface area contributed by atoms with Gasteiger partial charge in [0.2, 0.25) is 0 Å². The van der Waals surface area contributed by atoms with E-state index >= 15 is 0 Å². The van der Waals surface area contributed by atoms with E-state index in [-0.39, 0.29) is 11.9 Å². The van der Waals surface area contributed by atoms with Crippen LogP contribution in [0.3, 0.4) is 0 Å². The van der Waals surface area contributed by atoms with Crippen LogP contribution in [0.1, 0.15) is 27.2 Å². The Morgan fingerprint density at radius 1 is 1.17 bits per heavy atom. The number of aromatic nitrogens is 1. The van der Waals surface area contributed by atoms with Gasteiger partial charge in [-0.25, -0.2) is 4.98 Å². The van der Waals surface area contributed by atoms with Crippen LogP contribution in [0.4, 0.5) is 0 Å². The molecule has 23 heavy (non-hydrogen) atoms. The number of nitrogens with one attached hydrogen (secondary N) is 1. The van der Waals surface area contributed by atoms with Crippen molar-refractivity contribution < 1.29 is 4.79 Å². The lowest BCUT2D eigenvalue weighted by Gasteiger charge is -2.25. The van der Waals surface area contributed by atoms with Crippen LogP contribution in [-0.2, 0) is 12.8 Å². The Bertz CT molecular complexity index is 823. The van der Waals surface area contributed by atoms with Crippen molar-refractivity contribution in [1.29, 1.82) is 0 Å². The van der Waals surface area contributed by atoms with Gasteiger partial charge in [0.25, 0.3) is 5.91 Å². The third kappa shape index (κ3) is 3.07. The molecule has 1 unspecified atom stereocenters. The summed E-state index contributed by atoms with van der Waals surface area (Å²) in [5.41, 5.74) is 2.77. The van der Waals surface area contributed by atoms with Crippen LogP contribution in [0.15, 0.2) is 48.0 Å².